The third-order valence-corrected chi connectivity index (χ3v) is 6.97. The Hall–Kier alpha value is -3.77. The summed E-state index contributed by atoms with van der Waals surface area (Å²) in [5.41, 5.74) is 6.04. The summed E-state index contributed by atoms with van der Waals surface area (Å²) in [4.78, 5) is 12.8. The lowest BCUT2D eigenvalue weighted by atomic mass is 10.00. The molecule has 34 heavy (non-hydrogen) atoms. The first-order valence-corrected chi connectivity index (χ1v) is 12.2. The molecular weight excluding hydrogens is 442 g/mol. The van der Waals surface area contributed by atoms with Crippen molar-refractivity contribution in [2.45, 2.75) is 12.2 Å². The molecule has 1 aliphatic rings. The van der Waals surface area contributed by atoms with Crippen LogP contribution in [0, 0.1) is 6.92 Å². The molecule has 4 aromatic rings. The number of carbonyl (C=O) groups is 1. The molecule has 5 nitrogen and oxygen atoms in total. The molecule has 1 N–H and O–H groups in total. The number of ether oxygens (including phenoxy) is 1. The van der Waals surface area contributed by atoms with Crippen molar-refractivity contribution in [1.82, 2.24) is 9.78 Å². The normalized spacial score (nSPS) is 15.2. The fourth-order valence-electron chi connectivity index (χ4n) is 4.05. The number of benzene rings is 3. The molecule has 3 aromatic carbocycles. The van der Waals surface area contributed by atoms with Crippen LogP contribution in [0.15, 0.2) is 91.5 Å². The quantitative estimate of drug-likeness (QED) is 0.344. The van der Waals surface area contributed by atoms with E-state index in [0.29, 0.717) is 12.4 Å². The molecule has 0 aliphatic carbocycles. The first-order chi connectivity index (χ1) is 16.6. The maximum absolute atomic E-state index is 12.8. The second-order valence-electron chi connectivity index (χ2n) is 8.13. The van der Waals surface area contributed by atoms with Gasteiger partial charge in [-0.3, -0.25) is 4.79 Å². The van der Waals surface area contributed by atoms with Gasteiger partial charge in [0.25, 0.3) is 0 Å². The number of amides is 1. The third-order valence-electron chi connectivity index (χ3n) is 5.70. The molecule has 1 atom stereocenters. The molecule has 0 saturated heterocycles. The number of nitrogens with one attached hydrogen (secondary N) is 1. The molecule has 1 aromatic heterocycles. The van der Waals surface area contributed by atoms with E-state index in [2.05, 4.69) is 55.2 Å². The predicted octanol–water partition coefficient (Wildman–Crippen LogP) is 6.19. The molecule has 0 fully saturated rings. The standard InChI is InChI=1S/C28H25N3O2S/c1-3-17-33-23-15-11-21(12-16-23)27-25-26(20-7-5-4-6-8-20)30-31(22-13-9-19(2)10-14-22)28(25)29-24(32)18-34-27/h3-16,27H,1,17-18H2,2H3,(H,29,32)/t27-/m1/s1. The van der Waals surface area contributed by atoms with Gasteiger partial charge in [0.1, 0.15) is 18.2 Å². The Bertz CT molecular complexity index is 1310. The van der Waals surface area contributed by atoms with E-state index in [1.54, 1.807) is 17.8 Å². The number of fused-ring (bicyclic) bond motifs is 1. The average Bonchev–Trinajstić information content (AvgIpc) is 3.14. The number of anilines is 1. The first-order valence-electron chi connectivity index (χ1n) is 11.1. The summed E-state index contributed by atoms with van der Waals surface area (Å²) in [6.07, 6.45) is 1.73. The predicted molar refractivity (Wildman–Crippen MR) is 139 cm³/mol. The number of rotatable bonds is 6. The second kappa shape index (κ2) is 9.61. The van der Waals surface area contributed by atoms with Crippen LogP contribution in [0.4, 0.5) is 5.82 Å². The molecule has 0 spiro atoms. The van der Waals surface area contributed by atoms with E-state index in [1.165, 1.54) is 5.56 Å². The summed E-state index contributed by atoms with van der Waals surface area (Å²) >= 11 is 1.61. The number of aromatic nitrogens is 2. The zero-order valence-electron chi connectivity index (χ0n) is 18.9. The summed E-state index contributed by atoms with van der Waals surface area (Å²) in [5, 5.41) is 8.09. The first kappa shape index (κ1) is 22.0. The number of hydrogen-bond donors (Lipinski definition) is 1. The highest BCUT2D eigenvalue weighted by atomic mass is 32.2. The number of carbonyl (C=O) groups excluding carboxylic acids is 1. The lowest BCUT2D eigenvalue weighted by molar-refractivity contribution is -0.113. The van der Waals surface area contributed by atoms with Gasteiger partial charge < -0.3 is 10.1 Å². The minimum absolute atomic E-state index is 0.0347. The van der Waals surface area contributed by atoms with Gasteiger partial charge in [-0.1, -0.05) is 72.8 Å². The Labute approximate surface area is 203 Å². The molecule has 1 amide bonds. The van der Waals surface area contributed by atoms with E-state index in [-0.39, 0.29) is 11.2 Å². The highest BCUT2D eigenvalue weighted by molar-refractivity contribution is 8.00. The van der Waals surface area contributed by atoms with Crippen LogP contribution in [0.25, 0.3) is 16.9 Å². The molecular formula is C28H25N3O2S. The van der Waals surface area contributed by atoms with E-state index in [1.807, 2.05) is 47.1 Å². The maximum Gasteiger partial charge on any atom is 0.235 e. The molecule has 6 heteroatoms. The fourth-order valence-corrected chi connectivity index (χ4v) is 5.18. The SMILES string of the molecule is C=CCOc1ccc([C@H]2SCC(=O)Nc3c2c(-c2ccccc2)nn3-c2ccc(C)cc2)cc1. The Balaban J connectivity index is 1.68. The van der Waals surface area contributed by atoms with E-state index in [4.69, 9.17) is 9.84 Å². The van der Waals surface area contributed by atoms with E-state index in [0.717, 1.165) is 39.6 Å². The number of thioether (sulfide) groups is 1. The van der Waals surface area contributed by atoms with E-state index in [9.17, 15) is 4.79 Å². The van der Waals surface area contributed by atoms with Crippen molar-refractivity contribution in [2.24, 2.45) is 0 Å². The zero-order valence-corrected chi connectivity index (χ0v) is 19.7. The fraction of sp³-hybridized carbons (Fsp3) is 0.143. The summed E-state index contributed by atoms with van der Waals surface area (Å²) in [5.74, 6) is 1.83. The van der Waals surface area contributed by atoms with Crippen molar-refractivity contribution in [1.29, 1.82) is 0 Å². The topological polar surface area (TPSA) is 56.1 Å². The van der Waals surface area contributed by atoms with Crippen LogP contribution in [-0.4, -0.2) is 28.0 Å². The van der Waals surface area contributed by atoms with Gasteiger partial charge in [-0.25, -0.2) is 4.68 Å². The molecule has 0 unspecified atom stereocenters. The van der Waals surface area contributed by atoms with Crippen molar-refractivity contribution in [3.8, 4) is 22.7 Å². The minimum atomic E-state index is -0.0724. The lowest BCUT2D eigenvalue weighted by Gasteiger charge is -2.17. The van der Waals surface area contributed by atoms with Crippen LogP contribution in [0.1, 0.15) is 21.9 Å². The highest BCUT2D eigenvalue weighted by Gasteiger charge is 2.32. The Morgan fingerprint density at radius 2 is 1.82 bits per heavy atom. The Kier molecular flexibility index (Phi) is 6.23. The summed E-state index contributed by atoms with van der Waals surface area (Å²) < 4.78 is 7.52. The van der Waals surface area contributed by atoms with Crippen LogP contribution in [0.2, 0.25) is 0 Å². The molecule has 0 radical (unpaired) electrons. The minimum Gasteiger partial charge on any atom is -0.490 e. The van der Waals surface area contributed by atoms with Gasteiger partial charge in [-0.2, -0.15) is 5.10 Å². The summed E-state index contributed by atoms with van der Waals surface area (Å²) in [7, 11) is 0. The molecule has 5 rings (SSSR count). The Morgan fingerprint density at radius 1 is 1.09 bits per heavy atom. The average molecular weight is 468 g/mol. The molecule has 170 valence electrons. The van der Waals surface area contributed by atoms with Crippen LogP contribution >= 0.6 is 11.8 Å². The largest absolute Gasteiger partial charge is 0.490 e. The number of aryl methyl sites for hydroxylation is 1. The summed E-state index contributed by atoms with van der Waals surface area (Å²) in [6.45, 7) is 6.22. The number of nitrogens with zero attached hydrogens (tertiary/aromatic N) is 2. The zero-order chi connectivity index (χ0) is 23.5. The van der Waals surface area contributed by atoms with E-state index < -0.39 is 0 Å². The Morgan fingerprint density at radius 3 is 2.53 bits per heavy atom. The van der Waals surface area contributed by atoms with Gasteiger partial charge in [0.15, 0.2) is 0 Å². The van der Waals surface area contributed by atoms with Gasteiger partial charge >= 0.3 is 0 Å². The summed E-state index contributed by atoms with van der Waals surface area (Å²) in [6, 6.07) is 26.4. The van der Waals surface area contributed by atoms with Crippen molar-refractivity contribution in [3.63, 3.8) is 0 Å². The van der Waals surface area contributed by atoms with Gasteiger partial charge in [-0.15, -0.1) is 11.8 Å². The van der Waals surface area contributed by atoms with Crippen molar-refractivity contribution >= 4 is 23.5 Å². The molecule has 0 saturated carbocycles. The second-order valence-corrected chi connectivity index (χ2v) is 9.23. The number of hydrogen-bond acceptors (Lipinski definition) is 4. The molecule has 1 aliphatic heterocycles. The lowest BCUT2D eigenvalue weighted by Crippen LogP contribution is -2.15. The maximum atomic E-state index is 12.8. The molecule has 0 bridgehead atoms. The van der Waals surface area contributed by atoms with Crippen molar-refractivity contribution < 1.29 is 9.53 Å². The van der Waals surface area contributed by atoms with Crippen LogP contribution < -0.4 is 10.1 Å². The monoisotopic (exact) mass is 467 g/mol. The third kappa shape index (κ3) is 4.37. The van der Waals surface area contributed by atoms with Gasteiger partial charge in [-0.05, 0) is 36.8 Å². The van der Waals surface area contributed by atoms with Crippen LogP contribution in [0.5, 0.6) is 5.75 Å². The molecule has 2 heterocycles. The van der Waals surface area contributed by atoms with Crippen molar-refractivity contribution in [3.05, 3.63) is 108 Å². The highest BCUT2D eigenvalue weighted by Crippen LogP contribution is 2.47. The van der Waals surface area contributed by atoms with Crippen LogP contribution in [0.3, 0.4) is 0 Å². The smallest absolute Gasteiger partial charge is 0.235 e. The van der Waals surface area contributed by atoms with E-state index >= 15 is 0 Å². The van der Waals surface area contributed by atoms with Gasteiger partial charge in [0.05, 0.1) is 22.4 Å². The van der Waals surface area contributed by atoms with Gasteiger partial charge in [0, 0.05) is 11.1 Å². The van der Waals surface area contributed by atoms with Crippen molar-refractivity contribution in [2.75, 3.05) is 17.7 Å². The van der Waals surface area contributed by atoms with Gasteiger partial charge in [0.2, 0.25) is 5.91 Å². The van der Waals surface area contributed by atoms with Crippen LogP contribution in [-0.2, 0) is 4.79 Å².